The van der Waals surface area contributed by atoms with Gasteiger partial charge < -0.3 is 4.90 Å². The van der Waals surface area contributed by atoms with E-state index in [-0.39, 0.29) is 24.8 Å². The highest BCUT2D eigenvalue weighted by molar-refractivity contribution is 8.14. The fourth-order valence-electron chi connectivity index (χ4n) is 3.10. The molecule has 2 aromatic rings. The van der Waals surface area contributed by atoms with E-state index >= 15 is 0 Å². The van der Waals surface area contributed by atoms with Gasteiger partial charge in [0.05, 0.1) is 0 Å². The predicted molar refractivity (Wildman–Crippen MR) is 94.5 cm³/mol. The first-order valence-corrected chi connectivity index (χ1v) is 10.1. The summed E-state index contributed by atoms with van der Waals surface area (Å²) in [5.41, 5.74) is 2.18. The van der Waals surface area contributed by atoms with E-state index in [0.29, 0.717) is 6.54 Å². The average molecular weight is 364 g/mol. The van der Waals surface area contributed by atoms with E-state index in [1.807, 2.05) is 60.7 Å². The van der Waals surface area contributed by atoms with Crippen LogP contribution >= 0.6 is 10.7 Å². The van der Waals surface area contributed by atoms with Crippen LogP contribution < -0.4 is 0 Å². The van der Waals surface area contributed by atoms with Gasteiger partial charge in [0, 0.05) is 36.1 Å². The number of hydrogen-bond acceptors (Lipinski definition) is 3. The fourth-order valence-corrected chi connectivity index (χ4v) is 4.15. The molecule has 0 spiro atoms. The molecule has 6 heteroatoms. The zero-order valence-corrected chi connectivity index (χ0v) is 14.6. The monoisotopic (exact) mass is 363 g/mol. The summed E-state index contributed by atoms with van der Waals surface area (Å²) in [6.07, 6.45) is -0.0396. The first kappa shape index (κ1) is 17.0. The largest absolute Gasteiger partial charge is 0.340 e. The summed E-state index contributed by atoms with van der Waals surface area (Å²) >= 11 is 0. The molecule has 1 heterocycles. The van der Waals surface area contributed by atoms with Crippen LogP contribution in [0.15, 0.2) is 60.7 Å². The highest BCUT2D eigenvalue weighted by Gasteiger charge is 2.38. The van der Waals surface area contributed by atoms with Crippen molar-refractivity contribution in [1.82, 2.24) is 4.90 Å². The predicted octanol–water partition coefficient (Wildman–Crippen LogP) is 2.99. The van der Waals surface area contributed by atoms with Gasteiger partial charge in [-0.1, -0.05) is 60.7 Å². The number of rotatable bonds is 5. The summed E-state index contributed by atoms with van der Waals surface area (Å²) < 4.78 is 23.1. The molecule has 4 nitrogen and oxygen atoms in total. The third-order valence-electron chi connectivity index (χ3n) is 4.38. The second kappa shape index (κ2) is 6.95. The van der Waals surface area contributed by atoms with Crippen molar-refractivity contribution in [2.75, 3.05) is 13.1 Å². The normalized spacial score (nSPS) is 18.3. The van der Waals surface area contributed by atoms with E-state index in [1.165, 1.54) is 0 Å². The molecule has 0 radical (unpaired) electrons. The van der Waals surface area contributed by atoms with Crippen molar-refractivity contribution in [2.24, 2.45) is 0 Å². The molecule has 0 bridgehead atoms. The molecule has 1 atom stereocenters. The molecule has 1 unspecified atom stereocenters. The van der Waals surface area contributed by atoms with Gasteiger partial charge in [-0.25, -0.2) is 8.42 Å². The molecular formula is C18H18ClNO3S. The number of amides is 1. The minimum atomic E-state index is -3.72. The maximum absolute atomic E-state index is 12.2. The Kier molecular flexibility index (Phi) is 4.92. The topological polar surface area (TPSA) is 54.5 Å². The number of carbonyl (C=O) groups is 1. The molecule has 0 saturated carbocycles. The van der Waals surface area contributed by atoms with Crippen LogP contribution in [0.4, 0.5) is 0 Å². The maximum Gasteiger partial charge on any atom is 0.237 e. The molecule has 0 aromatic heterocycles. The van der Waals surface area contributed by atoms with E-state index in [1.54, 1.807) is 4.90 Å². The van der Waals surface area contributed by atoms with Gasteiger partial charge in [-0.3, -0.25) is 4.79 Å². The summed E-state index contributed by atoms with van der Waals surface area (Å²) in [7, 11) is 1.71. The zero-order valence-electron chi connectivity index (χ0n) is 13.0. The minimum absolute atomic E-state index is 0.00636. The van der Waals surface area contributed by atoms with Crippen molar-refractivity contribution in [3.05, 3.63) is 71.8 Å². The first-order valence-electron chi connectivity index (χ1n) is 7.76. The molecule has 3 rings (SSSR count). The number of hydrogen-bond donors (Lipinski definition) is 0. The molecule has 1 fully saturated rings. The van der Waals surface area contributed by atoms with Gasteiger partial charge in [-0.15, -0.1) is 0 Å². The Balaban J connectivity index is 1.87. The zero-order chi connectivity index (χ0) is 17.2. The number of carbonyl (C=O) groups excluding carboxylic acids is 1. The lowest BCUT2D eigenvalue weighted by molar-refractivity contribution is -0.127. The Morgan fingerprint density at radius 2 is 1.50 bits per heavy atom. The van der Waals surface area contributed by atoms with Gasteiger partial charge in [0.25, 0.3) is 0 Å². The van der Waals surface area contributed by atoms with Gasteiger partial charge in [0.1, 0.15) is 5.25 Å². The van der Waals surface area contributed by atoms with Gasteiger partial charge in [-0.05, 0) is 11.1 Å². The van der Waals surface area contributed by atoms with Crippen LogP contribution in [-0.4, -0.2) is 37.6 Å². The highest BCUT2D eigenvalue weighted by Crippen LogP contribution is 2.29. The summed E-state index contributed by atoms with van der Waals surface area (Å²) in [5.74, 6) is -0.172. The van der Waals surface area contributed by atoms with Crippen molar-refractivity contribution in [2.45, 2.75) is 17.6 Å². The van der Waals surface area contributed by atoms with Crippen molar-refractivity contribution < 1.29 is 13.2 Å². The van der Waals surface area contributed by atoms with Gasteiger partial charge >= 0.3 is 0 Å². The number of likely N-dealkylation sites (tertiary alicyclic amines) is 1. The van der Waals surface area contributed by atoms with Gasteiger partial charge in [-0.2, -0.15) is 0 Å². The fraction of sp³-hybridized carbons (Fsp3) is 0.278. The summed E-state index contributed by atoms with van der Waals surface area (Å²) in [5, 5.41) is -0.820. The Morgan fingerprint density at radius 3 is 1.92 bits per heavy atom. The number of benzene rings is 2. The Morgan fingerprint density at radius 1 is 1.00 bits per heavy atom. The Bertz CT molecular complexity index is 769. The molecular weight excluding hydrogens is 346 g/mol. The second-order valence-electron chi connectivity index (χ2n) is 5.97. The lowest BCUT2D eigenvalue weighted by Gasteiger charge is -2.25. The molecule has 2 aromatic carbocycles. The average Bonchev–Trinajstić information content (AvgIpc) is 2.95. The Hall–Kier alpha value is -1.85. The number of halogens is 1. The van der Waals surface area contributed by atoms with Crippen molar-refractivity contribution >= 4 is 25.6 Å². The van der Waals surface area contributed by atoms with E-state index in [4.69, 9.17) is 10.7 Å². The van der Waals surface area contributed by atoms with E-state index < -0.39 is 14.3 Å². The molecule has 1 amide bonds. The van der Waals surface area contributed by atoms with Crippen LogP contribution in [0.2, 0.25) is 0 Å². The quantitative estimate of drug-likeness (QED) is 0.767. The van der Waals surface area contributed by atoms with Gasteiger partial charge in [0.2, 0.25) is 15.0 Å². The van der Waals surface area contributed by atoms with Gasteiger partial charge in [0.15, 0.2) is 0 Å². The third kappa shape index (κ3) is 3.79. The van der Waals surface area contributed by atoms with Crippen LogP contribution in [0.3, 0.4) is 0 Å². The lowest BCUT2D eigenvalue weighted by Crippen LogP contribution is -2.31. The van der Waals surface area contributed by atoms with Crippen molar-refractivity contribution in [1.29, 1.82) is 0 Å². The van der Waals surface area contributed by atoms with Crippen LogP contribution in [0.1, 0.15) is 23.5 Å². The van der Waals surface area contributed by atoms with Crippen LogP contribution in [-0.2, 0) is 13.8 Å². The molecule has 24 heavy (non-hydrogen) atoms. The smallest absolute Gasteiger partial charge is 0.237 e. The van der Waals surface area contributed by atoms with Crippen molar-refractivity contribution in [3.8, 4) is 0 Å². The SMILES string of the molecule is O=C1CC(S(=O)(=O)Cl)CN1CC(c1ccccc1)c1ccccc1. The number of nitrogens with zero attached hydrogens (tertiary/aromatic N) is 1. The van der Waals surface area contributed by atoms with E-state index in [0.717, 1.165) is 11.1 Å². The molecule has 126 valence electrons. The van der Waals surface area contributed by atoms with Crippen molar-refractivity contribution in [3.63, 3.8) is 0 Å². The first-order chi connectivity index (χ1) is 11.4. The molecule has 1 aliphatic rings. The highest BCUT2D eigenvalue weighted by atomic mass is 35.7. The van der Waals surface area contributed by atoms with Crippen LogP contribution in [0.5, 0.6) is 0 Å². The molecule has 1 aliphatic heterocycles. The summed E-state index contributed by atoms with van der Waals surface area (Å²) in [6, 6.07) is 19.8. The Labute approximate surface area is 146 Å². The third-order valence-corrected chi connectivity index (χ3v) is 6.25. The molecule has 0 N–H and O–H groups in total. The second-order valence-corrected chi connectivity index (χ2v) is 8.88. The van der Waals surface area contributed by atoms with Crippen LogP contribution in [0.25, 0.3) is 0 Å². The standard InChI is InChI=1S/C18H18ClNO3S/c19-24(22,23)16-11-18(21)20(12-16)13-17(14-7-3-1-4-8-14)15-9-5-2-6-10-15/h1-10,16-17H,11-13H2. The summed E-state index contributed by atoms with van der Waals surface area (Å²) in [6.45, 7) is 0.594. The molecule has 1 saturated heterocycles. The lowest BCUT2D eigenvalue weighted by atomic mass is 9.91. The maximum atomic E-state index is 12.2. The minimum Gasteiger partial charge on any atom is -0.340 e. The van der Waals surface area contributed by atoms with Crippen LogP contribution in [0, 0.1) is 0 Å². The van der Waals surface area contributed by atoms with E-state index in [9.17, 15) is 13.2 Å². The summed E-state index contributed by atoms with van der Waals surface area (Å²) in [4.78, 5) is 13.8. The van der Waals surface area contributed by atoms with E-state index in [2.05, 4.69) is 0 Å². The molecule has 0 aliphatic carbocycles.